The predicted molar refractivity (Wildman–Crippen MR) is 59.6 cm³/mol. The Bertz CT molecular complexity index is 378. The Morgan fingerprint density at radius 1 is 1.18 bits per heavy atom. The summed E-state index contributed by atoms with van der Waals surface area (Å²) < 4.78 is 38.5. The van der Waals surface area contributed by atoms with E-state index in [9.17, 15) is 13.2 Å². The molecule has 0 spiro atoms. The van der Waals surface area contributed by atoms with Gasteiger partial charge in [0.05, 0.1) is 11.3 Å². The molecular formula is C13H16F3N. The fourth-order valence-corrected chi connectivity index (χ4v) is 2.52. The van der Waals surface area contributed by atoms with Gasteiger partial charge in [-0.15, -0.1) is 0 Å². The molecule has 0 atom stereocenters. The molecule has 1 aliphatic rings. The number of nitrogens with zero attached hydrogens (tertiary/aromatic N) is 1. The normalized spacial score (nSPS) is 25.9. The summed E-state index contributed by atoms with van der Waals surface area (Å²) in [5.74, 6) is 0.605. The Balaban J connectivity index is 2.26. The highest BCUT2D eigenvalue weighted by atomic mass is 19.4. The van der Waals surface area contributed by atoms with E-state index in [2.05, 4.69) is 11.9 Å². The van der Waals surface area contributed by atoms with E-state index < -0.39 is 11.7 Å². The third-order valence-corrected chi connectivity index (χ3v) is 3.55. The van der Waals surface area contributed by atoms with E-state index in [1.54, 1.807) is 0 Å². The van der Waals surface area contributed by atoms with Gasteiger partial charge >= 0.3 is 6.18 Å². The number of hydrogen-bond acceptors (Lipinski definition) is 1. The molecule has 1 aliphatic carbocycles. The van der Waals surface area contributed by atoms with Crippen molar-refractivity contribution in [1.82, 2.24) is 4.98 Å². The summed E-state index contributed by atoms with van der Waals surface area (Å²) in [6.45, 7) is 2.15. The molecule has 1 nitrogen and oxygen atoms in total. The fraction of sp³-hybridized carbons (Fsp3) is 0.615. The highest BCUT2D eigenvalue weighted by Crippen LogP contribution is 2.40. The lowest BCUT2D eigenvalue weighted by atomic mass is 9.80. The molecule has 94 valence electrons. The standard InChI is InChI=1S/C13H16F3N/c1-9-4-6-10(7-5-9)12-11(13(14,15)16)3-2-8-17-12/h2-3,8-10H,4-7H2,1H3. The molecule has 1 saturated carbocycles. The van der Waals surface area contributed by atoms with Gasteiger partial charge in [-0.05, 0) is 30.9 Å². The summed E-state index contributed by atoms with van der Waals surface area (Å²) >= 11 is 0. The van der Waals surface area contributed by atoms with Crippen molar-refractivity contribution in [3.05, 3.63) is 29.6 Å². The van der Waals surface area contributed by atoms with Gasteiger partial charge in [-0.1, -0.05) is 19.8 Å². The highest BCUT2D eigenvalue weighted by Gasteiger charge is 2.36. The number of hydrogen-bond donors (Lipinski definition) is 0. The first kappa shape index (κ1) is 12.4. The topological polar surface area (TPSA) is 12.9 Å². The van der Waals surface area contributed by atoms with Gasteiger partial charge in [-0.25, -0.2) is 0 Å². The summed E-state index contributed by atoms with van der Waals surface area (Å²) in [4.78, 5) is 3.97. The Labute approximate surface area is 99.1 Å². The van der Waals surface area contributed by atoms with Gasteiger partial charge in [0.2, 0.25) is 0 Å². The van der Waals surface area contributed by atoms with Gasteiger partial charge in [0.25, 0.3) is 0 Å². The number of aromatic nitrogens is 1. The molecule has 0 bridgehead atoms. The SMILES string of the molecule is CC1CCC(c2ncccc2C(F)(F)F)CC1. The number of alkyl halides is 3. The zero-order valence-corrected chi connectivity index (χ0v) is 9.80. The van der Waals surface area contributed by atoms with Crippen molar-refractivity contribution in [3.63, 3.8) is 0 Å². The largest absolute Gasteiger partial charge is 0.418 e. The number of rotatable bonds is 1. The van der Waals surface area contributed by atoms with Crippen LogP contribution in [0.25, 0.3) is 0 Å². The van der Waals surface area contributed by atoms with Crippen molar-refractivity contribution in [3.8, 4) is 0 Å². The minimum Gasteiger partial charge on any atom is -0.260 e. The minimum atomic E-state index is -4.29. The van der Waals surface area contributed by atoms with Crippen LogP contribution in [0.3, 0.4) is 0 Å². The number of halogens is 3. The van der Waals surface area contributed by atoms with E-state index in [-0.39, 0.29) is 11.6 Å². The Hall–Kier alpha value is -1.06. The van der Waals surface area contributed by atoms with Gasteiger partial charge < -0.3 is 0 Å². The van der Waals surface area contributed by atoms with E-state index in [0.29, 0.717) is 5.92 Å². The molecular weight excluding hydrogens is 227 g/mol. The van der Waals surface area contributed by atoms with Crippen molar-refractivity contribution in [2.75, 3.05) is 0 Å². The van der Waals surface area contributed by atoms with Crippen LogP contribution in [0.4, 0.5) is 13.2 Å². The molecule has 1 heterocycles. The second kappa shape index (κ2) is 4.67. The van der Waals surface area contributed by atoms with E-state index in [4.69, 9.17) is 0 Å². The van der Waals surface area contributed by atoms with Gasteiger partial charge in [-0.2, -0.15) is 13.2 Å². The first-order chi connectivity index (χ1) is 7.98. The average molecular weight is 243 g/mol. The molecule has 0 saturated heterocycles. The zero-order valence-electron chi connectivity index (χ0n) is 9.80. The molecule has 1 aromatic heterocycles. The molecule has 4 heteroatoms. The Kier molecular flexibility index (Phi) is 3.40. The van der Waals surface area contributed by atoms with Crippen LogP contribution in [0.5, 0.6) is 0 Å². The maximum absolute atomic E-state index is 12.8. The molecule has 0 radical (unpaired) electrons. The monoisotopic (exact) mass is 243 g/mol. The lowest BCUT2D eigenvalue weighted by molar-refractivity contribution is -0.138. The second-order valence-electron chi connectivity index (χ2n) is 4.89. The zero-order chi connectivity index (χ0) is 12.5. The van der Waals surface area contributed by atoms with Gasteiger partial charge in [-0.3, -0.25) is 4.98 Å². The van der Waals surface area contributed by atoms with E-state index in [1.165, 1.54) is 12.3 Å². The molecule has 2 rings (SSSR count). The van der Waals surface area contributed by atoms with Crippen LogP contribution in [0.1, 0.15) is 49.8 Å². The van der Waals surface area contributed by atoms with Crippen LogP contribution in [-0.4, -0.2) is 4.98 Å². The third-order valence-electron chi connectivity index (χ3n) is 3.55. The first-order valence-electron chi connectivity index (χ1n) is 6.00. The summed E-state index contributed by atoms with van der Waals surface area (Å²) in [5.41, 5.74) is -0.313. The van der Waals surface area contributed by atoms with Crippen molar-refractivity contribution in [2.24, 2.45) is 5.92 Å². The van der Waals surface area contributed by atoms with Crippen molar-refractivity contribution in [2.45, 2.75) is 44.7 Å². The Morgan fingerprint density at radius 3 is 2.41 bits per heavy atom. The molecule has 0 aliphatic heterocycles. The van der Waals surface area contributed by atoms with Crippen LogP contribution >= 0.6 is 0 Å². The fourth-order valence-electron chi connectivity index (χ4n) is 2.52. The maximum atomic E-state index is 12.8. The van der Waals surface area contributed by atoms with Crippen molar-refractivity contribution < 1.29 is 13.2 Å². The van der Waals surface area contributed by atoms with Crippen LogP contribution < -0.4 is 0 Å². The van der Waals surface area contributed by atoms with Crippen LogP contribution in [-0.2, 0) is 6.18 Å². The highest BCUT2D eigenvalue weighted by molar-refractivity contribution is 5.26. The molecule has 1 fully saturated rings. The summed E-state index contributed by atoms with van der Waals surface area (Å²) in [6, 6.07) is 2.50. The first-order valence-corrected chi connectivity index (χ1v) is 6.00. The molecule has 0 unspecified atom stereocenters. The predicted octanol–water partition coefficient (Wildman–Crippen LogP) is 4.39. The van der Waals surface area contributed by atoms with E-state index >= 15 is 0 Å². The Morgan fingerprint density at radius 2 is 1.82 bits per heavy atom. The average Bonchev–Trinajstić information content (AvgIpc) is 2.29. The molecule has 0 N–H and O–H groups in total. The molecule has 0 aromatic carbocycles. The minimum absolute atomic E-state index is 0.0241. The van der Waals surface area contributed by atoms with Gasteiger partial charge in [0.15, 0.2) is 0 Å². The lowest BCUT2D eigenvalue weighted by Gasteiger charge is -2.27. The maximum Gasteiger partial charge on any atom is 0.418 e. The summed E-state index contributed by atoms with van der Waals surface area (Å²) in [5, 5.41) is 0. The number of pyridine rings is 1. The third kappa shape index (κ3) is 2.79. The lowest BCUT2D eigenvalue weighted by Crippen LogP contribution is -2.17. The quantitative estimate of drug-likeness (QED) is 0.712. The summed E-state index contributed by atoms with van der Waals surface area (Å²) in [7, 11) is 0. The van der Waals surface area contributed by atoms with Crippen LogP contribution in [0.2, 0.25) is 0 Å². The summed E-state index contributed by atoms with van der Waals surface area (Å²) in [6.07, 6.45) is 0.814. The van der Waals surface area contributed by atoms with Gasteiger partial charge in [0, 0.05) is 12.1 Å². The second-order valence-corrected chi connectivity index (χ2v) is 4.89. The molecule has 1 aromatic rings. The van der Waals surface area contributed by atoms with Crippen molar-refractivity contribution >= 4 is 0 Å². The van der Waals surface area contributed by atoms with Crippen molar-refractivity contribution in [1.29, 1.82) is 0 Å². The van der Waals surface area contributed by atoms with Crippen LogP contribution in [0.15, 0.2) is 18.3 Å². The smallest absolute Gasteiger partial charge is 0.260 e. The molecule has 0 amide bonds. The van der Waals surface area contributed by atoms with E-state index in [0.717, 1.165) is 31.7 Å². The molecule has 17 heavy (non-hydrogen) atoms. The van der Waals surface area contributed by atoms with Gasteiger partial charge in [0.1, 0.15) is 0 Å². The van der Waals surface area contributed by atoms with E-state index in [1.807, 2.05) is 0 Å². The van der Waals surface area contributed by atoms with Crippen LogP contribution in [0, 0.1) is 5.92 Å².